The first-order chi connectivity index (χ1) is 7.00. The molecule has 3 aliphatic rings. The highest BCUT2D eigenvalue weighted by atomic mass is 15.4. The van der Waals surface area contributed by atoms with E-state index in [1.165, 1.54) is 19.5 Å². The number of rotatable bonds is 3. The van der Waals surface area contributed by atoms with E-state index in [1.54, 1.807) is 0 Å². The monoisotopic (exact) mass is 211 g/mol. The lowest BCUT2D eigenvalue weighted by atomic mass is 9.85. The molecule has 3 heteroatoms. The average molecular weight is 211 g/mol. The van der Waals surface area contributed by atoms with Gasteiger partial charge in [0.2, 0.25) is 0 Å². The molecule has 15 heavy (non-hydrogen) atoms. The van der Waals surface area contributed by atoms with Crippen LogP contribution in [-0.4, -0.2) is 66.2 Å². The predicted octanol–water partition coefficient (Wildman–Crippen LogP) is 1.06. The highest BCUT2D eigenvalue weighted by Crippen LogP contribution is 2.34. The second-order valence-electron chi connectivity index (χ2n) is 5.63. The van der Waals surface area contributed by atoms with Crippen LogP contribution in [0.2, 0.25) is 0 Å². The third-order valence-corrected chi connectivity index (χ3v) is 4.15. The molecular weight excluding hydrogens is 186 g/mol. The van der Waals surface area contributed by atoms with E-state index >= 15 is 0 Å². The molecule has 0 radical (unpaired) electrons. The summed E-state index contributed by atoms with van der Waals surface area (Å²) in [5, 5.41) is 0. The van der Waals surface area contributed by atoms with Crippen LogP contribution in [-0.2, 0) is 0 Å². The van der Waals surface area contributed by atoms with E-state index < -0.39 is 0 Å². The van der Waals surface area contributed by atoms with Gasteiger partial charge in [-0.15, -0.1) is 0 Å². The Morgan fingerprint density at radius 2 is 1.60 bits per heavy atom. The maximum absolute atomic E-state index is 2.69. The largest absolute Gasteiger partial charge is 0.294 e. The molecule has 3 aliphatic heterocycles. The number of fused-ring (bicyclic) bond motifs is 2. The number of nitrogens with zero attached hydrogens (tertiary/aromatic N) is 3. The van der Waals surface area contributed by atoms with Crippen molar-refractivity contribution in [3.8, 4) is 0 Å². The van der Waals surface area contributed by atoms with Gasteiger partial charge < -0.3 is 0 Å². The molecule has 3 rings (SSSR count). The summed E-state index contributed by atoms with van der Waals surface area (Å²) >= 11 is 0. The fourth-order valence-electron chi connectivity index (χ4n) is 3.15. The Balaban J connectivity index is 1.92. The van der Waals surface area contributed by atoms with Crippen LogP contribution in [0.5, 0.6) is 0 Å². The van der Waals surface area contributed by atoms with E-state index in [9.17, 15) is 0 Å². The molecule has 3 fully saturated rings. The van der Waals surface area contributed by atoms with Crippen molar-refractivity contribution >= 4 is 0 Å². The number of piperidine rings is 1. The Bertz CT molecular complexity index is 215. The Labute approximate surface area is 94.0 Å². The molecule has 0 amide bonds. The maximum Gasteiger partial charge on any atom is 0.0589 e. The van der Waals surface area contributed by atoms with Crippen molar-refractivity contribution in [2.24, 2.45) is 0 Å². The molecule has 88 valence electrons. The Morgan fingerprint density at radius 3 is 2.00 bits per heavy atom. The standard InChI is InChI=1S/C12H25N3/c1-9(2)15-11-6-12(15)8-14(7-11)10(3)13(4)5/h9-12H,6-8H2,1-5H3/t10?,11-,12?/m0/s1. The predicted molar refractivity (Wildman–Crippen MR) is 63.9 cm³/mol. The molecule has 0 aromatic rings. The van der Waals surface area contributed by atoms with Crippen molar-refractivity contribution in [2.45, 2.75) is 51.5 Å². The molecule has 0 N–H and O–H groups in total. The molecule has 3 saturated heterocycles. The minimum Gasteiger partial charge on any atom is -0.294 e. The quantitative estimate of drug-likeness (QED) is 0.691. The van der Waals surface area contributed by atoms with Crippen molar-refractivity contribution in [2.75, 3.05) is 27.2 Å². The van der Waals surface area contributed by atoms with Gasteiger partial charge in [-0.25, -0.2) is 0 Å². The summed E-state index contributed by atoms with van der Waals surface area (Å²) < 4.78 is 0. The zero-order chi connectivity index (χ0) is 11.2. The van der Waals surface area contributed by atoms with Gasteiger partial charge in [-0.2, -0.15) is 0 Å². The molecule has 0 aliphatic carbocycles. The third kappa shape index (κ3) is 1.93. The smallest absolute Gasteiger partial charge is 0.0589 e. The fourth-order valence-corrected chi connectivity index (χ4v) is 3.15. The molecule has 0 aromatic heterocycles. The van der Waals surface area contributed by atoms with E-state index in [0.717, 1.165) is 18.1 Å². The second-order valence-corrected chi connectivity index (χ2v) is 5.63. The first kappa shape index (κ1) is 11.4. The summed E-state index contributed by atoms with van der Waals surface area (Å²) in [7, 11) is 4.34. The second kappa shape index (κ2) is 4.04. The summed E-state index contributed by atoms with van der Waals surface area (Å²) in [6, 6.07) is 2.38. The topological polar surface area (TPSA) is 9.72 Å². The Morgan fingerprint density at radius 1 is 1.07 bits per heavy atom. The van der Waals surface area contributed by atoms with E-state index in [2.05, 4.69) is 49.6 Å². The van der Waals surface area contributed by atoms with Crippen LogP contribution in [0.25, 0.3) is 0 Å². The van der Waals surface area contributed by atoms with Gasteiger partial charge in [0, 0.05) is 31.2 Å². The summed E-state index contributed by atoms with van der Waals surface area (Å²) in [4.78, 5) is 7.63. The van der Waals surface area contributed by atoms with Crippen LogP contribution in [0, 0.1) is 0 Å². The first-order valence-corrected chi connectivity index (χ1v) is 6.18. The summed E-state index contributed by atoms with van der Waals surface area (Å²) in [5.41, 5.74) is 0. The molecule has 3 heterocycles. The van der Waals surface area contributed by atoms with Gasteiger partial charge in [0.1, 0.15) is 0 Å². The van der Waals surface area contributed by atoms with Crippen molar-refractivity contribution in [1.82, 2.24) is 14.7 Å². The molecule has 0 aromatic carbocycles. The first-order valence-electron chi connectivity index (χ1n) is 6.18. The highest BCUT2D eigenvalue weighted by Gasteiger charge is 2.46. The lowest BCUT2D eigenvalue weighted by molar-refractivity contribution is -0.112. The summed E-state index contributed by atoms with van der Waals surface area (Å²) in [5.74, 6) is 0. The van der Waals surface area contributed by atoms with Crippen LogP contribution in [0.15, 0.2) is 0 Å². The molecule has 0 spiro atoms. The Kier molecular flexibility index (Phi) is 3.06. The lowest BCUT2D eigenvalue weighted by Gasteiger charge is -2.59. The number of hydrogen-bond donors (Lipinski definition) is 0. The molecule has 3 nitrogen and oxygen atoms in total. The van der Waals surface area contributed by atoms with Gasteiger partial charge in [0.15, 0.2) is 0 Å². The van der Waals surface area contributed by atoms with E-state index in [0.29, 0.717) is 6.17 Å². The maximum atomic E-state index is 2.69. The van der Waals surface area contributed by atoms with E-state index in [1.807, 2.05) is 0 Å². The molecule has 2 bridgehead atoms. The van der Waals surface area contributed by atoms with Crippen molar-refractivity contribution < 1.29 is 0 Å². The number of piperazine rings is 1. The molecular formula is C12H25N3. The van der Waals surface area contributed by atoms with Crippen molar-refractivity contribution in [3.63, 3.8) is 0 Å². The van der Waals surface area contributed by atoms with Crippen LogP contribution < -0.4 is 0 Å². The van der Waals surface area contributed by atoms with Crippen LogP contribution >= 0.6 is 0 Å². The van der Waals surface area contributed by atoms with Gasteiger partial charge in [-0.05, 0) is 41.3 Å². The minimum atomic E-state index is 0.588. The fraction of sp³-hybridized carbons (Fsp3) is 1.00. The lowest BCUT2D eigenvalue weighted by Crippen LogP contribution is -2.72. The van der Waals surface area contributed by atoms with Gasteiger partial charge >= 0.3 is 0 Å². The molecule has 2 unspecified atom stereocenters. The average Bonchev–Trinajstić information content (AvgIpc) is 2.15. The van der Waals surface area contributed by atoms with Gasteiger partial charge in [-0.1, -0.05) is 0 Å². The van der Waals surface area contributed by atoms with Crippen molar-refractivity contribution in [1.29, 1.82) is 0 Å². The van der Waals surface area contributed by atoms with Crippen LogP contribution in [0.3, 0.4) is 0 Å². The van der Waals surface area contributed by atoms with Crippen LogP contribution in [0.1, 0.15) is 27.2 Å². The highest BCUT2D eigenvalue weighted by molar-refractivity contribution is 5.02. The minimum absolute atomic E-state index is 0.588. The number of hydrogen-bond acceptors (Lipinski definition) is 3. The molecule has 0 saturated carbocycles. The summed E-state index contributed by atoms with van der Waals surface area (Å²) in [6.45, 7) is 9.47. The third-order valence-electron chi connectivity index (χ3n) is 4.15. The SMILES string of the molecule is CC(N(C)C)N1CC2C[C@@H](C1)N2C(C)C. The molecule has 3 atom stereocenters. The van der Waals surface area contributed by atoms with E-state index in [-0.39, 0.29) is 0 Å². The Hall–Kier alpha value is -0.120. The normalized spacial score (nSPS) is 34.6. The summed E-state index contributed by atoms with van der Waals surface area (Å²) in [6.07, 6.45) is 2.01. The van der Waals surface area contributed by atoms with Gasteiger partial charge in [0.05, 0.1) is 6.17 Å². The van der Waals surface area contributed by atoms with Crippen LogP contribution in [0.4, 0.5) is 0 Å². The zero-order valence-electron chi connectivity index (χ0n) is 10.8. The van der Waals surface area contributed by atoms with E-state index in [4.69, 9.17) is 0 Å². The van der Waals surface area contributed by atoms with Crippen molar-refractivity contribution in [3.05, 3.63) is 0 Å². The van der Waals surface area contributed by atoms with Gasteiger partial charge in [0.25, 0.3) is 0 Å². The zero-order valence-corrected chi connectivity index (χ0v) is 10.8. The van der Waals surface area contributed by atoms with Gasteiger partial charge in [-0.3, -0.25) is 14.7 Å².